The van der Waals surface area contributed by atoms with Gasteiger partial charge >= 0.3 is 0 Å². The molecule has 4 nitrogen and oxygen atoms in total. The van der Waals surface area contributed by atoms with Gasteiger partial charge in [0, 0.05) is 11.8 Å². The largest absolute Gasteiger partial charge is 0.411 e. The van der Waals surface area contributed by atoms with Crippen molar-refractivity contribution >= 4 is 11.5 Å². The highest BCUT2D eigenvalue weighted by molar-refractivity contribution is 6.44. The fourth-order valence-corrected chi connectivity index (χ4v) is 6.25. The summed E-state index contributed by atoms with van der Waals surface area (Å²) in [5, 5.41) is 23.3. The van der Waals surface area contributed by atoms with Gasteiger partial charge < -0.3 is 10.3 Å². The van der Waals surface area contributed by atoms with E-state index in [0.717, 1.165) is 25.7 Å². The van der Waals surface area contributed by atoms with Crippen LogP contribution in [0.5, 0.6) is 0 Å². The molecule has 0 aromatic carbocycles. The SMILES string of the molecule is C[C@]12CC(=NO)C(=O)C=C1CC[C@@H]1[C@@H]2CC[C@@]2(C)[C@H]1C=C[C@]2(C)O. The lowest BCUT2D eigenvalue weighted by Crippen LogP contribution is -2.55. The highest BCUT2D eigenvalue weighted by atomic mass is 16.4. The first-order valence-electron chi connectivity index (χ1n) is 9.11. The smallest absolute Gasteiger partial charge is 0.203 e. The summed E-state index contributed by atoms with van der Waals surface area (Å²) in [5.41, 5.74) is 0.606. The predicted octanol–water partition coefficient (Wildman–Crippen LogP) is 3.49. The number of ketones is 1. The normalized spacial score (nSPS) is 51.8. The number of hydrogen-bond acceptors (Lipinski definition) is 4. The van der Waals surface area contributed by atoms with Crippen LogP contribution in [-0.2, 0) is 4.79 Å². The van der Waals surface area contributed by atoms with Crippen molar-refractivity contribution in [3.05, 3.63) is 23.8 Å². The van der Waals surface area contributed by atoms with Gasteiger partial charge in [-0.3, -0.25) is 4.79 Å². The Labute approximate surface area is 143 Å². The molecule has 0 unspecified atom stereocenters. The van der Waals surface area contributed by atoms with Gasteiger partial charge in [-0.1, -0.05) is 36.7 Å². The molecule has 24 heavy (non-hydrogen) atoms. The Morgan fingerprint density at radius 1 is 1.25 bits per heavy atom. The average molecular weight is 329 g/mol. The first kappa shape index (κ1) is 16.1. The topological polar surface area (TPSA) is 69.9 Å². The summed E-state index contributed by atoms with van der Waals surface area (Å²) in [7, 11) is 0. The molecule has 2 saturated carbocycles. The van der Waals surface area contributed by atoms with E-state index in [4.69, 9.17) is 0 Å². The molecular formula is C20H27NO3. The Balaban J connectivity index is 1.73. The number of carbonyl (C=O) groups is 1. The maximum atomic E-state index is 12.1. The van der Waals surface area contributed by atoms with Crippen LogP contribution < -0.4 is 0 Å². The number of allylic oxidation sites excluding steroid dienone is 3. The maximum absolute atomic E-state index is 12.1. The molecule has 2 fully saturated rings. The third-order valence-corrected chi connectivity index (χ3v) is 8.02. The zero-order chi connectivity index (χ0) is 17.3. The molecule has 0 saturated heterocycles. The van der Waals surface area contributed by atoms with Crippen molar-refractivity contribution in [2.45, 2.75) is 58.5 Å². The lowest BCUT2D eigenvalue weighted by atomic mass is 9.46. The molecular weight excluding hydrogens is 302 g/mol. The molecule has 0 amide bonds. The summed E-state index contributed by atoms with van der Waals surface area (Å²) in [6, 6.07) is 0. The number of carbonyl (C=O) groups excluding carboxylic acids is 1. The second-order valence-electron chi connectivity index (χ2n) is 8.97. The Hall–Kier alpha value is -1.42. The van der Waals surface area contributed by atoms with Crippen LogP contribution in [0.1, 0.15) is 52.9 Å². The summed E-state index contributed by atoms with van der Waals surface area (Å²) in [5.74, 6) is 1.24. The van der Waals surface area contributed by atoms with Gasteiger partial charge in [0.2, 0.25) is 5.78 Å². The molecule has 0 spiro atoms. The minimum absolute atomic E-state index is 0.0931. The van der Waals surface area contributed by atoms with E-state index in [-0.39, 0.29) is 16.6 Å². The van der Waals surface area contributed by atoms with Crippen LogP contribution in [0.4, 0.5) is 0 Å². The third-order valence-electron chi connectivity index (χ3n) is 8.02. The van der Waals surface area contributed by atoms with E-state index in [0.29, 0.717) is 29.9 Å². The van der Waals surface area contributed by atoms with E-state index >= 15 is 0 Å². The first-order valence-corrected chi connectivity index (χ1v) is 9.11. The summed E-state index contributed by atoms with van der Waals surface area (Å²) in [6.07, 6.45) is 10.6. The fraction of sp³-hybridized carbons (Fsp3) is 0.700. The molecule has 2 N–H and O–H groups in total. The van der Waals surface area contributed by atoms with E-state index in [1.807, 2.05) is 13.0 Å². The van der Waals surface area contributed by atoms with E-state index < -0.39 is 5.60 Å². The van der Waals surface area contributed by atoms with E-state index in [1.54, 1.807) is 6.08 Å². The monoisotopic (exact) mass is 329 g/mol. The Morgan fingerprint density at radius 2 is 2.00 bits per heavy atom. The van der Waals surface area contributed by atoms with Crippen LogP contribution in [0.3, 0.4) is 0 Å². The van der Waals surface area contributed by atoms with E-state index in [2.05, 4.69) is 25.1 Å². The Kier molecular flexibility index (Phi) is 3.22. The van der Waals surface area contributed by atoms with Crippen LogP contribution in [-0.4, -0.2) is 27.4 Å². The van der Waals surface area contributed by atoms with Gasteiger partial charge in [0.25, 0.3) is 0 Å². The highest BCUT2D eigenvalue weighted by Crippen LogP contribution is 2.65. The van der Waals surface area contributed by atoms with Crippen LogP contribution >= 0.6 is 0 Å². The molecule has 0 aromatic heterocycles. The second kappa shape index (κ2) is 4.81. The van der Waals surface area contributed by atoms with Gasteiger partial charge in [0.05, 0.1) is 5.60 Å². The highest BCUT2D eigenvalue weighted by Gasteiger charge is 2.60. The Bertz CT molecular complexity index is 689. The standard InChI is InChI=1S/C20H27NO3/c1-18-11-16(21-24)17(22)10-12(18)4-5-13-14(18)6-8-19(2)15(13)7-9-20(19,3)23/h7,9-10,13-15,23-24H,4-6,8,11H2,1-3H3/t13-,14+,15+,18+,19+,20+/m1/s1. The van der Waals surface area contributed by atoms with Gasteiger partial charge in [0.15, 0.2) is 0 Å². The first-order chi connectivity index (χ1) is 11.2. The molecule has 0 aliphatic heterocycles. The molecule has 0 aromatic rings. The summed E-state index contributed by atoms with van der Waals surface area (Å²) in [4.78, 5) is 12.1. The number of nitrogens with zero attached hydrogens (tertiary/aromatic N) is 1. The molecule has 4 heteroatoms. The minimum atomic E-state index is -0.736. The quantitative estimate of drug-likeness (QED) is 0.406. The van der Waals surface area contributed by atoms with Gasteiger partial charge in [-0.25, -0.2) is 0 Å². The fourth-order valence-electron chi connectivity index (χ4n) is 6.25. The number of aliphatic hydroxyl groups is 1. The average Bonchev–Trinajstić information content (AvgIpc) is 2.77. The van der Waals surface area contributed by atoms with Gasteiger partial charge in [-0.05, 0) is 61.9 Å². The third kappa shape index (κ3) is 1.83. The molecule has 4 aliphatic carbocycles. The van der Waals surface area contributed by atoms with Crippen molar-refractivity contribution in [3.8, 4) is 0 Å². The molecule has 4 aliphatic rings. The number of fused-ring (bicyclic) bond motifs is 5. The molecule has 0 radical (unpaired) electrons. The van der Waals surface area contributed by atoms with E-state index in [1.165, 1.54) is 5.57 Å². The molecule has 130 valence electrons. The van der Waals surface area contributed by atoms with E-state index in [9.17, 15) is 15.1 Å². The van der Waals surface area contributed by atoms with Crippen molar-refractivity contribution in [1.29, 1.82) is 0 Å². The van der Waals surface area contributed by atoms with Crippen LogP contribution in [0.25, 0.3) is 0 Å². The maximum Gasteiger partial charge on any atom is 0.203 e. The van der Waals surface area contributed by atoms with Crippen molar-refractivity contribution in [1.82, 2.24) is 0 Å². The zero-order valence-corrected chi connectivity index (χ0v) is 14.7. The van der Waals surface area contributed by atoms with Crippen LogP contribution in [0.15, 0.2) is 29.0 Å². The summed E-state index contributed by atoms with van der Waals surface area (Å²) >= 11 is 0. The number of rotatable bonds is 0. The van der Waals surface area contributed by atoms with Gasteiger partial charge in [-0.15, -0.1) is 0 Å². The Morgan fingerprint density at radius 3 is 2.71 bits per heavy atom. The number of oxime groups is 1. The molecule has 0 bridgehead atoms. The molecule has 4 rings (SSSR count). The lowest BCUT2D eigenvalue weighted by Gasteiger charge is -2.58. The summed E-state index contributed by atoms with van der Waals surface area (Å²) < 4.78 is 0. The zero-order valence-electron chi connectivity index (χ0n) is 14.7. The van der Waals surface area contributed by atoms with Crippen LogP contribution in [0, 0.1) is 28.6 Å². The minimum Gasteiger partial charge on any atom is -0.411 e. The van der Waals surface area contributed by atoms with Crippen molar-refractivity contribution in [2.75, 3.05) is 0 Å². The summed E-state index contributed by atoms with van der Waals surface area (Å²) in [6.45, 7) is 6.41. The second-order valence-corrected chi connectivity index (χ2v) is 8.97. The number of hydrogen-bond donors (Lipinski definition) is 2. The van der Waals surface area contributed by atoms with Crippen molar-refractivity contribution in [2.24, 2.45) is 33.7 Å². The van der Waals surface area contributed by atoms with Gasteiger partial charge in [0.1, 0.15) is 5.71 Å². The van der Waals surface area contributed by atoms with Crippen molar-refractivity contribution < 1.29 is 15.1 Å². The molecule has 6 atom stereocenters. The van der Waals surface area contributed by atoms with Crippen LogP contribution in [0.2, 0.25) is 0 Å². The lowest BCUT2D eigenvalue weighted by molar-refractivity contribution is -0.112. The predicted molar refractivity (Wildman–Crippen MR) is 91.8 cm³/mol. The van der Waals surface area contributed by atoms with Crippen molar-refractivity contribution in [3.63, 3.8) is 0 Å². The molecule has 0 heterocycles. The van der Waals surface area contributed by atoms with Gasteiger partial charge in [-0.2, -0.15) is 0 Å².